The molecule has 0 aliphatic rings. The Morgan fingerprint density at radius 3 is 0.983 bits per heavy atom. The van der Waals surface area contributed by atoms with Crippen molar-refractivity contribution in [3.63, 3.8) is 0 Å². The predicted molar refractivity (Wildman–Crippen MR) is 256 cm³/mol. The first-order chi connectivity index (χ1) is 29.5. The standard InChI is InChI=1S/C54H98O6/c1-4-7-10-13-16-19-22-25-27-29-32-35-38-41-44-47-53(56)59-50-51(49-58-52(55)46-43-40-37-34-31-24-21-18-15-12-9-6-3)60-54(57)48-45-42-39-36-33-30-28-26-23-20-17-14-11-8-5-2/h16,19-20,22-23,25,51H,4-15,17-18,21,24,26-50H2,1-3H3/b19-16-,23-20-,25-22-. The number of esters is 3. The molecule has 0 saturated heterocycles. The van der Waals surface area contributed by atoms with Crippen molar-refractivity contribution in [1.29, 1.82) is 0 Å². The molecule has 6 heteroatoms. The van der Waals surface area contributed by atoms with Gasteiger partial charge in [0.25, 0.3) is 0 Å². The first-order valence-corrected chi connectivity index (χ1v) is 26.0. The molecule has 0 aromatic carbocycles. The molecule has 0 aromatic rings. The Kier molecular flexibility index (Phi) is 47.3. The maximum atomic E-state index is 12.8. The fourth-order valence-electron chi connectivity index (χ4n) is 7.43. The van der Waals surface area contributed by atoms with Gasteiger partial charge in [0, 0.05) is 19.3 Å². The van der Waals surface area contributed by atoms with Crippen LogP contribution in [0.4, 0.5) is 0 Å². The molecule has 0 bridgehead atoms. The maximum absolute atomic E-state index is 12.8. The highest BCUT2D eigenvalue weighted by Crippen LogP contribution is 2.15. The minimum Gasteiger partial charge on any atom is -0.462 e. The highest BCUT2D eigenvalue weighted by Gasteiger charge is 2.19. The summed E-state index contributed by atoms with van der Waals surface area (Å²) in [4.78, 5) is 37.9. The highest BCUT2D eigenvalue weighted by atomic mass is 16.6. The summed E-state index contributed by atoms with van der Waals surface area (Å²) >= 11 is 0. The van der Waals surface area contributed by atoms with E-state index in [1.807, 2.05) is 0 Å². The summed E-state index contributed by atoms with van der Waals surface area (Å²) in [6, 6.07) is 0. The minimum absolute atomic E-state index is 0.0748. The molecule has 0 amide bonds. The summed E-state index contributed by atoms with van der Waals surface area (Å²) < 4.78 is 16.8. The van der Waals surface area contributed by atoms with Crippen molar-refractivity contribution in [2.45, 2.75) is 277 Å². The van der Waals surface area contributed by atoms with Crippen molar-refractivity contribution in [2.75, 3.05) is 13.2 Å². The lowest BCUT2D eigenvalue weighted by Gasteiger charge is -2.18. The lowest BCUT2D eigenvalue weighted by atomic mass is 10.0. The third-order valence-corrected chi connectivity index (χ3v) is 11.4. The van der Waals surface area contributed by atoms with Crippen molar-refractivity contribution < 1.29 is 28.6 Å². The Hall–Kier alpha value is -2.37. The van der Waals surface area contributed by atoms with Crippen LogP contribution in [0, 0.1) is 0 Å². The van der Waals surface area contributed by atoms with Gasteiger partial charge in [-0.25, -0.2) is 0 Å². The number of carbonyl (C=O) groups is 3. The summed E-state index contributed by atoms with van der Waals surface area (Å²) in [5.41, 5.74) is 0. The summed E-state index contributed by atoms with van der Waals surface area (Å²) in [5, 5.41) is 0. The average molecular weight is 843 g/mol. The molecular formula is C54H98O6. The van der Waals surface area contributed by atoms with Crippen molar-refractivity contribution in [3.8, 4) is 0 Å². The molecule has 0 aliphatic heterocycles. The van der Waals surface area contributed by atoms with Gasteiger partial charge >= 0.3 is 17.9 Å². The molecule has 0 fully saturated rings. The van der Waals surface area contributed by atoms with Crippen molar-refractivity contribution >= 4 is 17.9 Å². The van der Waals surface area contributed by atoms with E-state index in [2.05, 4.69) is 57.2 Å². The number of ether oxygens (including phenoxy) is 3. The number of rotatable bonds is 47. The fraction of sp³-hybridized carbons (Fsp3) is 0.833. The van der Waals surface area contributed by atoms with E-state index in [-0.39, 0.29) is 31.1 Å². The van der Waals surface area contributed by atoms with Crippen LogP contribution in [-0.2, 0) is 28.6 Å². The third kappa shape index (κ3) is 46.7. The Balaban J connectivity index is 4.38. The second-order valence-corrected chi connectivity index (χ2v) is 17.5. The molecule has 0 aliphatic carbocycles. The first kappa shape index (κ1) is 57.6. The van der Waals surface area contributed by atoms with Gasteiger partial charge in [0.1, 0.15) is 13.2 Å². The lowest BCUT2D eigenvalue weighted by molar-refractivity contribution is -0.167. The van der Waals surface area contributed by atoms with Crippen LogP contribution < -0.4 is 0 Å². The van der Waals surface area contributed by atoms with Crippen LogP contribution in [0.15, 0.2) is 36.5 Å². The van der Waals surface area contributed by atoms with Gasteiger partial charge in [-0.3, -0.25) is 14.4 Å². The summed E-state index contributed by atoms with van der Waals surface area (Å²) in [6.45, 7) is 6.60. The highest BCUT2D eigenvalue weighted by molar-refractivity contribution is 5.71. The third-order valence-electron chi connectivity index (χ3n) is 11.4. The first-order valence-electron chi connectivity index (χ1n) is 26.0. The zero-order valence-electron chi connectivity index (χ0n) is 40.0. The summed E-state index contributed by atoms with van der Waals surface area (Å²) in [7, 11) is 0. The van der Waals surface area contributed by atoms with Gasteiger partial charge in [-0.1, -0.05) is 218 Å². The number of hydrogen-bond donors (Lipinski definition) is 0. The SMILES string of the molecule is CCCCC/C=C\C=C/CCCCCCCCC(=O)OCC(COC(=O)CCCCCCCCCCCCCC)OC(=O)CCCCCCCCC/C=C\CCCCCC. The Morgan fingerprint density at radius 1 is 0.333 bits per heavy atom. The minimum atomic E-state index is -0.775. The van der Waals surface area contributed by atoms with E-state index in [4.69, 9.17) is 14.2 Å². The molecule has 0 rings (SSSR count). The van der Waals surface area contributed by atoms with E-state index in [0.29, 0.717) is 19.3 Å². The van der Waals surface area contributed by atoms with Gasteiger partial charge in [0.2, 0.25) is 0 Å². The zero-order chi connectivity index (χ0) is 43.7. The van der Waals surface area contributed by atoms with E-state index in [0.717, 1.165) is 64.2 Å². The lowest BCUT2D eigenvalue weighted by Crippen LogP contribution is -2.30. The van der Waals surface area contributed by atoms with Crippen molar-refractivity contribution in [2.24, 2.45) is 0 Å². The largest absolute Gasteiger partial charge is 0.462 e. The molecular weight excluding hydrogens is 745 g/mol. The smallest absolute Gasteiger partial charge is 0.306 e. The Morgan fingerprint density at radius 2 is 0.600 bits per heavy atom. The van der Waals surface area contributed by atoms with Crippen LogP contribution in [0.3, 0.4) is 0 Å². The van der Waals surface area contributed by atoms with Crippen molar-refractivity contribution in [3.05, 3.63) is 36.5 Å². The molecule has 0 N–H and O–H groups in total. The van der Waals surface area contributed by atoms with Crippen LogP contribution >= 0.6 is 0 Å². The van der Waals surface area contributed by atoms with Crippen LogP contribution in [0.5, 0.6) is 0 Å². The normalized spacial score (nSPS) is 12.2. The molecule has 0 radical (unpaired) electrons. The number of allylic oxidation sites excluding steroid dienone is 6. The number of hydrogen-bond acceptors (Lipinski definition) is 6. The summed E-state index contributed by atoms with van der Waals surface area (Å²) in [6.07, 6.45) is 56.9. The van der Waals surface area contributed by atoms with Crippen LogP contribution in [0.2, 0.25) is 0 Å². The van der Waals surface area contributed by atoms with Crippen molar-refractivity contribution in [1.82, 2.24) is 0 Å². The van der Waals surface area contributed by atoms with Gasteiger partial charge in [0.05, 0.1) is 0 Å². The van der Waals surface area contributed by atoms with Gasteiger partial charge in [-0.15, -0.1) is 0 Å². The maximum Gasteiger partial charge on any atom is 0.306 e. The molecule has 6 nitrogen and oxygen atoms in total. The molecule has 1 unspecified atom stereocenters. The van der Waals surface area contributed by atoms with Crippen LogP contribution in [-0.4, -0.2) is 37.2 Å². The number of unbranched alkanes of at least 4 members (excludes halogenated alkanes) is 31. The second kappa shape index (κ2) is 49.3. The Labute approximate surface area is 372 Å². The molecule has 0 spiro atoms. The fourth-order valence-corrected chi connectivity index (χ4v) is 7.43. The van der Waals surface area contributed by atoms with Gasteiger partial charge < -0.3 is 14.2 Å². The number of carbonyl (C=O) groups excluding carboxylic acids is 3. The topological polar surface area (TPSA) is 78.9 Å². The van der Waals surface area contributed by atoms with Gasteiger partial charge in [0.15, 0.2) is 6.10 Å². The quantitative estimate of drug-likeness (QED) is 0.0200. The van der Waals surface area contributed by atoms with Crippen LogP contribution in [0.25, 0.3) is 0 Å². The molecule has 0 heterocycles. The Bertz CT molecular complexity index is 1020. The molecule has 60 heavy (non-hydrogen) atoms. The van der Waals surface area contributed by atoms with Crippen LogP contribution in [0.1, 0.15) is 271 Å². The van der Waals surface area contributed by atoms with E-state index >= 15 is 0 Å². The second-order valence-electron chi connectivity index (χ2n) is 17.5. The molecule has 0 saturated carbocycles. The van der Waals surface area contributed by atoms with E-state index < -0.39 is 6.10 Å². The van der Waals surface area contributed by atoms with E-state index in [1.54, 1.807) is 0 Å². The van der Waals surface area contributed by atoms with Gasteiger partial charge in [-0.05, 0) is 70.6 Å². The summed E-state index contributed by atoms with van der Waals surface area (Å²) in [5.74, 6) is -0.882. The monoisotopic (exact) mass is 843 g/mol. The molecule has 350 valence electrons. The molecule has 0 aromatic heterocycles. The zero-order valence-corrected chi connectivity index (χ0v) is 40.0. The van der Waals surface area contributed by atoms with Gasteiger partial charge in [-0.2, -0.15) is 0 Å². The average Bonchev–Trinajstić information content (AvgIpc) is 3.24. The predicted octanol–water partition coefficient (Wildman–Crippen LogP) is 16.9. The van der Waals surface area contributed by atoms with E-state index in [1.165, 1.54) is 167 Å². The van der Waals surface area contributed by atoms with E-state index in [9.17, 15) is 14.4 Å². The molecule has 1 atom stereocenters.